The third-order valence-corrected chi connectivity index (χ3v) is 5.51. The van der Waals surface area contributed by atoms with Gasteiger partial charge in [-0.1, -0.05) is 55.5 Å². The molecule has 1 aromatic heterocycles. The van der Waals surface area contributed by atoms with Gasteiger partial charge in [-0.25, -0.2) is 0 Å². The molecule has 0 aliphatic heterocycles. The van der Waals surface area contributed by atoms with Crippen molar-refractivity contribution in [1.29, 1.82) is 0 Å². The third-order valence-electron chi connectivity index (χ3n) is 4.06. The van der Waals surface area contributed by atoms with Gasteiger partial charge in [-0.3, -0.25) is 9.78 Å². The van der Waals surface area contributed by atoms with Crippen LogP contribution < -0.4 is 5.32 Å². The lowest BCUT2D eigenvalue weighted by Gasteiger charge is -2.16. The number of aryl methyl sites for hydroxylation is 1. The number of para-hydroxylation sites is 1. The Morgan fingerprint density at radius 3 is 2.60 bits per heavy atom. The molecular formula is C21H22N2OS. The largest absolute Gasteiger partial charge is 0.324 e. The zero-order valence-corrected chi connectivity index (χ0v) is 15.3. The molecule has 128 valence electrons. The van der Waals surface area contributed by atoms with E-state index in [1.807, 2.05) is 55.5 Å². The monoisotopic (exact) mass is 350 g/mol. The lowest BCUT2D eigenvalue weighted by Crippen LogP contribution is -2.25. The van der Waals surface area contributed by atoms with Gasteiger partial charge in [0.25, 0.3) is 0 Å². The Kier molecular flexibility index (Phi) is 5.71. The molecular weight excluding hydrogens is 328 g/mol. The zero-order chi connectivity index (χ0) is 17.6. The van der Waals surface area contributed by atoms with E-state index in [1.54, 1.807) is 11.8 Å². The average Bonchev–Trinajstić information content (AvgIpc) is 2.63. The first kappa shape index (κ1) is 17.5. The van der Waals surface area contributed by atoms with Gasteiger partial charge in [-0.05, 0) is 31.0 Å². The summed E-state index contributed by atoms with van der Waals surface area (Å²) in [5.74, 6) is 0.891. The fourth-order valence-electron chi connectivity index (χ4n) is 2.77. The van der Waals surface area contributed by atoms with E-state index in [0.29, 0.717) is 0 Å². The topological polar surface area (TPSA) is 42.0 Å². The Morgan fingerprint density at radius 2 is 1.84 bits per heavy atom. The van der Waals surface area contributed by atoms with Gasteiger partial charge < -0.3 is 5.32 Å². The van der Waals surface area contributed by atoms with E-state index in [-0.39, 0.29) is 11.2 Å². The van der Waals surface area contributed by atoms with Gasteiger partial charge in [0.1, 0.15) is 0 Å². The number of hydrogen-bond acceptors (Lipinski definition) is 3. The Labute approximate surface area is 152 Å². The predicted molar refractivity (Wildman–Crippen MR) is 107 cm³/mol. The zero-order valence-electron chi connectivity index (χ0n) is 14.5. The quantitative estimate of drug-likeness (QED) is 0.665. The van der Waals surface area contributed by atoms with Crippen LogP contribution in [-0.2, 0) is 10.5 Å². The first-order chi connectivity index (χ1) is 12.2. The van der Waals surface area contributed by atoms with Gasteiger partial charge in [0.2, 0.25) is 5.91 Å². The summed E-state index contributed by atoms with van der Waals surface area (Å²) in [6.07, 6.45) is 0.797. The summed E-state index contributed by atoms with van der Waals surface area (Å²) in [5, 5.41) is 4.01. The second kappa shape index (κ2) is 8.17. The maximum absolute atomic E-state index is 12.8. The SMILES string of the molecule is CCC(SCc1ccccc1)C(=O)Nc1cc(C)nc2ccccc12. The molecule has 3 nitrogen and oxygen atoms in total. The normalized spacial score (nSPS) is 12.1. The molecule has 0 aliphatic rings. The highest BCUT2D eigenvalue weighted by Gasteiger charge is 2.18. The van der Waals surface area contributed by atoms with Crippen LogP contribution in [0.1, 0.15) is 24.6 Å². The molecule has 0 saturated heterocycles. The van der Waals surface area contributed by atoms with Gasteiger partial charge in [0.05, 0.1) is 16.5 Å². The van der Waals surface area contributed by atoms with Crippen LogP contribution >= 0.6 is 11.8 Å². The van der Waals surface area contributed by atoms with Crippen molar-refractivity contribution < 1.29 is 4.79 Å². The summed E-state index contributed by atoms with van der Waals surface area (Å²) in [7, 11) is 0. The van der Waals surface area contributed by atoms with E-state index in [9.17, 15) is 4.79 Å². The van der Waals surface area contributed by atoms with Crippen LogP contribution in [0.15, 0.2) is 60.7 Å². The smallest absolute Gasteiger partial charge is 0.237 e. The molecule has 0 aliphatic carbocycles. The van der Waals surface area contributed by atoms with Crippen molar-refractivity contribution >= 4 is 34.3 Å². The Morgan fingerprint density at radius 1 is 1.12 bits per heavy atom. The van der Waals surface area contributed by atoms with Crippen molar-refractivity contribution in [2.45, 2.75) is 31.3 Å². The van der Waals surface area contributed by atoms with Crippen LogP contribution in [0.3, 0.4) is 0 Å². The number of thioether (sulfide) groups is 1. The summed E-state index contributed by atoms with van der Waals surface area (Å²) in [6, 6.07) is 20.1. The minimum atomic E-state index is -0.0764. The number of aromatic nitrogens is 1. The summed E-state index contributed by atoms with van der Waals surface area (Å²) in [4.78, 5) is 17.3. The Hall–Kier alpha value is -2.33. The number of nitrogens with zero attached hydrogens (tertiary/aromatic N) is 1. The molecule has 1 atom stereocenters. The second-order valence-electron chi connectivity index (χ2n) is 6.01. The van der Waals surface area contributed by atoms with Crippen molar-refractivity contribution in [2.24, 2.45) is 0 Å². The van der Waals surface area contributed by atoms with Gasteiger partial charge >= 0.3 is 0 Å². The fourth-order valence-corrected chi connectivity index (χ4v) is 3.81. The first-order valence-corrected chi connectivity index (χ1v) is 9.55. The van der Waals surface area contributed by atoms with E-state index < -0.39 is 0 Å². The predicted octanol–water partition coefficient (Wildman–Crippen LogP) is 5.19. The highest BCUT2D eigenvalue weighted by Crippen LogP contribution is 2.26. The molecule has 1 amide bonds. The Bertz CT molecular complexity index is 864. The number of amides is 1. The molecule has 1 unspecified atom stereocenters. The van der Waals surface area contributed by atoms with Crippen molar-refractivity contribution in [3.05, 3.63) is 71.9 Å². The number of carbonyl (C=O) groups is 1. The maximum Gasteiger partial charge on any atom is 0.237 e. The molecule has 0 fully saturated rings. The number of rotatable bonds is 6. The lowest BCUT2D eigenvalue weighted by atomic mass is 10.1. The van der Waals surface area contributed by atoms with Crippen LogP contribution in [0.25, 0.3) is 10.9 Å². The molecule has 1 N–H and O–H groups in total. The van der Waals surface area contributed by atoms with Gasteiger partial charge in [-0.2, -0.15) is 0 Å². The van der Waals surface area contributed by atoms with Gasteiger partial charge in [0, 0.05) is 16.8 Å². The lowest BCUT2D eigenvalue weighted by molar-refractivity contribution is -0.115. The Balaban J connectivity index is 1.74. The summed E-state index contributed by atoms with van der Waals surface area (Å²) >= 11 is 1.68. The fraction of sp³-hybridized carbons (Fsp3) is 0.238. The molecule has 1 heterocycles. The standard InChI is InChI=1S/C21H22N2OS/c1-3-20(25-14-16-9-5-4-6-10-16)21(24)23-19-13-15(2)22-18-12-8-7-11-17(18)19/h4-13,20H,3,14H2,1-2H3,(H,22,23,24). The van der Waals surface area contributed by atoms with Crippen LogP contribution in [0, 0.1) is 6.92 Å². The number of benzene rings is 2. The molecule has 4 heteroatoms. The highest BCUT2D eigenvalue weighted by atomic mass is 32.2. The molecule has 3 rings (SSSR count). The number of anilines is 1. The first-order valence-electron chi connectivity index (χ1n) is 8.50. The average molecular weight is 350 g/mol. The molecule has 25 heavy (non-hydrogen) atoms. The van der Waals surface area contributed by atoms with E-state index in [2.05, 4.69) is 29.4 Å². The summed E-state index contributed by atoms with van der Waals surface area (Å²) < 4.78 is 0. The van der Waals surface area contributed by atoms with Crippen molar-refractivity contribution in [1.82, 2.24) is 4.98 Å². The van der Waals surface area contributed by atoms with E-state index in [1.165, 1.54) is 5.56 Å². The number of hydrogen-bond donors (Lipinski definition) is 1. The molecule has 2 aromatic carbocycles. The van der Waals surface area contributed by atoms with Crippen molar-refractivity contribution in [3.63, 3.8) is 0 Å². The van der Waals surface area contributed by atoms with Crippen LogP contribution in [0.4, 0.5) is 5.69 Å². The van der Waals surface area contributed by atoms with Crippen LogP contribution in [0.2, 0.25) is 0 Å². The number of carbonyl (C=O) groups excluding carboxylic acids is 1. The van der Waals surface area contributed by atoms with Crippen LogP contribution in [-0.4, -0.2) is 16.1 Å². The second-order valence-corrected chi connectivity index (χ2v) is 7.20. The minimum absolute atomic E-state index is 0.0548. The van der Waals surface area contributed by atoms with E-state index in [4.69, 9.17) is 0 Å². The number of fused-ring (bicyclic) bond motifs is 1. The molecule has 0 spiro atoms. The molecule has 3 aromatic rings. The maximum atomic E-state index is 12.8. The van der Waals surface area contributed by atoms with Crippen molar-refractivity contribution in [3.8, 4) is 0 Å². The summed E-state index contributed by atoms with van der Waals surface area (Å²) in [5.41, 5.74) is 3.89. The van der Waals surface area contributed by atoms with Gasteiger partial charge in [-0.15, -0.1) is 11.8 Å². The third kappa shape index (κ3) is 4.40. The van der Waals surface area contributed by atoms with E-state index in [0.717, 1.165) is 34.5 Å². The number of nitrogens with one attached hydrogen (secondary N) is 1. The molecule has 0 radical (unpaired) electrons. The molecule has 0 saturated carbocycles. The number of pyridine rings is 1. The molecule has 0 bridgehead atoms. The summed E-state index contributed by atoms with van der Waals surface area (Å²) in [6.45, 7) is 4.00. The minimum Gasteiger partial charge on any atom is -0.324 e. The van der Waals surface area contributed by atoms with E-state index >= 15 is 0 Å². The van der Waals surface area contributed by atoms with Crippen LogP contribution in [0.5, 0.6) is 0 Å². The van der Waals surface area contributed by atoms with Crippen molar-refractivity contribution in [2.75, 3.05) is 5.32 Å². The highest BCUT2D eigenvalue weighted by molar-refractivity contribution is 7.99. The van der Waals surface area contributed by atoms with Gasteiger partial charge in [0.15, 0.2) is 0 Å².